The Kier molecular flexibility index (Phi) is 6.74. The minimum Gasteiger partial charge on any atom is -0.494 e. The van der Waals surface area contributed by atoms with Gasteiger partial charge < -0.3 is 20.9 Å². The lowest BCUT2D eigenvalue weighted by Gasteiger charge is -2.10. The fraction of sp³-hybridized carbons (Fsp3) is 0.333. The number of nitriles is 1. The molecule has 1 heterocycles. The first kappa shape index (κ1) is 19.0. The average molecular weight is 355 g/mol. The van der Waals surface area contributed by atoms with Crippen molar-refractivity contribution in [2.24, 2.45) is 0 Å². The number of carbonyl (C=O) groups excluding carboxylic acids is 1. The summed E-state index contributed by atoms with van der Waals surface area (Å²) in [4.78, 5) is 19.2. The number of aromatic nitrogens is 2. The second-order valence-electron chi connectivity index (χ2n) is 5.44. The van der Waals surface area contributed by atoms with E-state index in [9.17, 15) is 10.1 Å². The molecule has 0 saturated carbocycles. The number of esters is 1. The molecule has 8 heteroatoms. The SMILES string of the molecule is CCOC(=O)CCCCOc1cccc(-c2nc(N)nc(N)c2C#N)c1. The average Bonchev–Trinajstić information content (AvgIpc) is 2.61. The summed E-state index contributed by atoms with van der Waals surface area (Å²) in [5, 5.41) is 9.28. The molecule has 4 N–H and O–H groups in total. The van der Waals surface area contributed by atoms with Crippen molar-refractivity contribution in [2.45, 2.75) is 26.2 Å². The van der Waals surface area contributed by atoms with E-state index in [0.29, 0.717) is 43.1 Å². The number of anilines is 2. The summed E-state index contributed by atoms with van der Waals surface area (Å²) < 4.78 is 10.6. The largest absolute Gasteiger partial charge is 0.494 e. The number of nitrogen functional groups attached to an aromatic ring is 2. The maximum atomic E-state index is 11.3. The Labute approximate surface area is 151 Å². The Morgan fingerprint density at radius 3 is 2.81 bits per heavy atom. The van der Waals surface area contributed by atoms with Gasteiger partial charge in [0.1, 0.15) is 23.2 Å². The number of rotatable bonds is 8. The van der Waals surface area contributed by atoms with E-state index < -0.39 is 0 Å². The van der Waals surface area contributed by atoms with Gasteiger partial charge in [0.25, 0.3) is 0 Å². The lowest BCUT2D eigenvalue weighted by molar-refractivity contribution is -0.143. The number of hydrogen-bond acceptors (Lipinski definition) is 8. The molecule has 0 unspecified atom stereocenters. The normalized spacial score (nSPS) is 10.2. The van der Waals surface area contributed by atoms with Gasteiger partial charge in [-0.2, -0.15) is 10.2 Å². The molecule has 0 fully saturated rings. The third kappa shape index (κ3) is 5.08. The van der Waals surface area contributed by atoms with Crippen LogP contribution < -0.4 is 16.2 Å². The Bertz CT molecular complexity index is 817. The van der Waals surface area contributed by atoms with Crippen LogP contribution in [0.15, 0.2) is 24.3 Å². The summed E-state index contributed by atoms with van der Waals surface area (Å²) in [6, 6.07) is 9.14. The van der Waals surface area contributed by atoms with Crippen molar-refractivity contribution in [3.8, 4) is 23.1 Å². The van der Waals surface area contributed by atoms with Crippen molar-refractivity contribution in [3.05, 3.63) is 29.8 Å². The van der Waals surface area contributed by atoms with E-state index in [2.05, 4.69) is 9.97 Å². The molecule has 0 amide bonds. The number of benzene rings is 1. The molecule has 2 rings (SSSR count). The molecule has 136 valence electrons. The minimum absolute atomic E-state index is 0.00165. The number of unbranched alkanes of at least 4 members (excludes halogenated alkanes) is 1. The predicted molar refractivity (Wildman–Crippen MR) is 97.0 cm³/mol. The molecule has 0 spiro atoms. The topological polar surface area (TPSA) is 137 Å². The molecule has 1 aromatic carbocycles. The molecule has 0 aliphatic rings. The quantitative estimate of drug-likeness (QED) is 0.543. The van der Waals surface area contributed by atoms with E-state index in [1.54, 1.807) is 31.2 Å². The van der Waals surface area contributed by atoms with Gasteiger partial charge >= 0.3 is 5.97 Å². The van der Waals surface area contributed by atoms with Gasteiger partial charge in [0.2, 0.25) is 5.95 Å². The summed E-state index contributed by atoms with van der Waals surface area (Å²) in [6.45, 7) is 2.64. The lowest BCUT2D eigenvalue weighted by Crippen LogP contribution is -2.05. The number of nitrogens with two attached hydrogens (primary N) is 2. The van der Waals surface area contributed by atoms with Gasteiger partial charge in [-0.25, -0.2) is 4.98 Å². The van der Waals surface area contributed by atoms with E-state index in [1.807, 2.05) is 6.07 Å². The summed E-state index contributed by atoms with van der Waals surface area (Å²) in [6.07, 6.45) is 1.79. The zero-order chi connectivity index (χ0) is 18.9. The first-order valence-corrected chi connectivity index (χ1v) is 8.27. The van der Waals surface area contributed by atoms with E-state index in [1.165, 1.54) is 0 Å². The van der Waals surface area contributed by atoms with Crippen LogP contribution in [0.5, 0.6) is 5.75 Å². The predicted octanol–water partition coefficient (Wildman–Crippen LogP) is 2.29. The highest BCUT2D eigenvalue weighted by atomic mass is 16.5. The van der Waals surface area contributed by atoms with Crippen molar-refractivity contribution in [1.29, 1.82) is 5.26 Å². The van der Waals surface area contributed by atoms with Crippen LogP contribution in [0.1, 0.15) is 31.7 Å². The lowest BCUT2D eigenvalue weighted by atomic mass is 10.1. The third-order valence-corrected chi connectivity index (χ3v) is 3.52. The highest BCUT2D eigenvalue weighted by molar-refractivity contribution is 5.73. The fourth-order valence-corrected chi connectivity index (χ4v) is 2.34. The van der Waals surface area contributed by atoms with Crippen LogP contribution in [0.2, 0.25) is 0 Å². The maximum absolute atomic E-state index is 11.3. The van der Waals surface area contributed by atoms with Crippen LogP contribution >= 0.6 is 0 Å². The standard InChI is InChI=1S/C18H21N5O3/c1-2-25-15(24)8-3-4-9-26-13-7-5-6-12(10-13)16-14(11-19)17(20)23-18(21)22-16/h5-7,10H,2-4,8-9H2,1H3,(H4,20,21,22,23). The smallest absolute Gasteiger partial charge is 0.305 e. The fourth-order valence-electron chi connectivity index (χ4n) is 2.34. The second kappa shape index (κ2) is 9.22. The Morgan fingerprint density at radius 2 is 2.08 bits per heavy atom. The van der Waals surface area contributed by atoms with E-state index in [4.69, 9.17) is 20.9 Å². The molecule has 26 heavy (non-hydrogen) atoms. The van der Waals surface area contributed by atoms with Gasteiger partial charge in [-0.3, -0.25) is 4.79 Å². The molecule has 2 aromatic rings. The molecule has 0 radical (unpaired) electrons. The highest BCUT2D eigenvalue weighted by Gasteiger charge is 2.13. The van der Waals surface area contributed by atoms with Crippen molar-refractivity contribution < 1.29 is 14.3 Å². The Hall–Kier alpha value is -3.34. The Balaban J connectivity index is 2.01. The molecule has 1 aromatic heterocycles. The molecule has 0 saturated heterocycles. The number of carbonyl (C=O) groups is 1. The minimum atomic E-state index is -0.197. The van der Waals surface area contributed by atoms with E-state index in [-0.39, 0.29) is 23.3 Å². The summed E-state index contributed by atoms with van der Waals surface area (Å²) in [5.41, 5.74) is 12.6. The van der Waals surface area contributed by atoms with Gasteiger partial charge in [-0.15, -0.1) is 0 Å². The van der Waals surface area contributed by atoms with Crippen LogP contribution in [0, 0.1) is 11.3 Å². The van der Waals surface area contributed by atoms with Gasteiger partial charge in [-0.1, -0.05) is 12.1 Å². The number of ether oxygens (including phenoxy) is 2. The van der Waals surface area contributed by atoms with Crippen molar-refractivity contribution >= 4 is 17.7 Å². The van der Waals surface area contributed by atoms with Gasteiger partial charge in [0.15, 0.2) is 0 Å². The van der Waals surface area contributed by atoms with Crippen LogP contribution in [0.25, 0.3) is 11.3 Å². The molecule has 0 aliphatic carbocycles. The zero-order valence-electron chi connectivity index (χ0n) is 14.6. The first-order valence-electron chi connectivity index (χ1n) is 8.27. The van der Waals surface area contributed by atoms with Crippen LogP contribution in [-0.4, -0.2) is 29.2 Å². The summed E-state index contributed by atoms with van der Waals surface area (Å²) in [7, 11) is 0. The third-order valence-electron chi connectivity index (χ3n) is 3.52. The maximum Gasteiger partial charge on any atom is 0.305 e. The van der Waals surface area contributed by atoms with Crippen molar-refractivity contribution in [3.63, 3.8) is 0 Å². The van der Waals surface area contributed by atoms with Crippen molar-refractivity contribution in [1.82, 2.24) is 9.97 Å². The molecule has 8 nitrogen and oxygen atoms in total. The molecule has 0 aliphatic heterocycles. The number of nitrogens with zero attached hydrogens (tertiary/aromatic N) is 3. The summed E-state index contributed by atoms with van der Waals surface area (Å²) in [5.74, 6) is 0.470. The van der Waals surface area contributed by atoms with Gasteiger partial charge in [-0.05, 0) is 31.9 Å². The number of hydrogen-bond donors (Lipinski definition) is 2. The monoisotopic (exact) mass is 355 g/mol. The second-order valence-corrected chi connectivity index (χ2v) is 5.44. The highest BCUT2D eigenvalue weighted by Crippen LogP contribution is 2.28. The molecular weight excluding hydrogens is 334 g/mol. The van der Waals surface area contributed by atoms with Crippen LogP contribution in [-0.2, 0) is 9.53 Å². The molecule has 0 atom stereocenters. The van der Waals surface area contributed by atoms with Crippen LogP contribution in [0.4, 0.5) is 11.8 Å². The van der Waals surface area contributed by atoms with Crippen molar-refractivity contribution in [2.75, 3.05) is 24.7 Å². The molecular formula is C18H21N5O3. The Morgan fingerprint density at radius 1 is 1.27 bits per heavy atom. The van der Waals surface area contributed by atoms with E-state index >= 15 is 0 Å². The zero-order valence-corrected chi connectivity index (χ0v) is 14.6. The van der Waals surface area contributed by atoms with Crippen LogP contribution in [0.3, 0.4) is 0 Å². The van der Waals surface area contributed by atoms with E-state index in [0.717, 1.165) is 6.42 Å². The van der Waals surface area contributed by atoms with Gasteiger partial charge in [0.05, 0.1) is 18.9 Å². The first-order chi connectivity index (χ1) is 12.5. The van der Waals surface area contributed by atoms with Gasteiger partial charge in [0, 0.05) is 12.0 Å². The summed E-state index contributed by atoms with van der Waals surface area (Å²) >= 11 is 0. The molecule has 0 bridgehead atoms.